The maximum absolute atomic E-state index is 12.1. The van der Waals surface area contributed by atoms with Crippen LogP contribution in [-0.4, -0.2) is 192 Å². The van der Waals surface area contributed by atoms with Gasteiger partial charge >= 0.3 is 0 Å². The molecule has 121 heavy (non-hydrogen) atoms. The van der Waals surface area contributed by atoms with Crippen molar-refractivity contribution in [3.63, 3.8) is 0 Å². The summed E-state index contributed by atoms with van der Waals surface area (Å²) in [7, 11) is 4.99. The number of hydrogen-bond acceptors (Lipinski definition) is 10. The number of amides is 3. The molecule has 11 aliphatic carbocycles. The zero-order valence-electron chi connectivity index (χ0n) is 75.1. The van der Waals surface area contributed by atoms with Crippen molar-refractivity contribution in [2.45, 2.75) is 266 Å². The van der Waals surface area contributed by atoms with E-state index in [0.29, 0.717) is 83.7 Å². The van der Waals surface area contributed by atoms with E-state index in [1.165, 1.54) is 209 Å². The van der Waals surface area contributed by atoms with Crippen LogP contribution in [0.4, 0.5) is 0 Å². The molecule has 0 spiro atoms. The second kappa shape index (κ2) is 38.2. The Balaban J connectivity index is 0.000000136. The van der Waals surface area contributed by atoms with E-state index in [1.807, 2.05) is 57.3 Å². The van der Waals surface area contributed by atoms with Crippen molar-refractivity contribution in [2.24, 2.45) is 70.5 Å². The minimum atomic E-state index is -0.901. The highest BCUT2D eigenvalue weighted by molar-refractivity contribution is 14.1. The van der Waals surface area contributed by atoms with Gasteiger partial charge in [-0.05, 0) is 302 Å². The number of allylic oxidation sites excluding steroid dienone is 1. The van der Waals surface area contributed by atoms with Gasteiger partial charge in [0.2, 0.25) is 11.8 Å². The van der Waals surface area contributed by atoms with Crippen LogP contribution in [0.25, 0.3) is 0 Å². The molecule has 21 rings (SSSR count). The van der Waals surface area contributed by atoms with Crippen LogP contribution in [0.5, 0.6) is 17.2 Å². The lowest BCUT2D eigenvalue weighted by atomic mass is 9.48. The Bertz CT molecular complexity index is 4590. The van der Waals surface area contributed by atoms with Crippen molar-refractivity contribution >= 4 is 85.5 Å². The third-order valence-corrected chi connectivity index (χ3v) is 34.9. The highest BCUT2D eigenvalue weighted by atomic mass is 127. The fourth-order valence-corrected chi connectivity index (χ4v) is 26.1. The Hall–Kier alpha value is -2.94. The average Bonchev–Trinajstić information content (AvgIpc) is 1.66. The summed E-state index contributed by atoms with van der Waals surface area (Å²) in [5.74, 6) is 6.92. The van der Waals surface area contributed by atoms with E-state index in [4.69, 9.17) is 17.2 Å². The van der Waals surface area contributed by atoms with Crippen LogP contribution in [0, 0.1) is 53.3 Å². The van der Waals surface area contributed by atoms with Gasteiger partial charge in [-0.2, -0.15) is 0 Å². The van der Waals surface area contributed by atoms with E-state index in [-0.39, 0.29) is 98.8 Å². The van der Waals surface area contributed by atoms with Crippen LogP contribution < -0.4 is 65.2 Å². The fraction of sp³-hybridized carbons (Fsp3) is 0.653. The van der Waals surface area contributed by atoms with Gasteiger partial charge in [-0.3, -0.25) is 29.1 Å². The first-order valence-corrected chi connectivity index (χ1v) is 52.2. The lowest BCUT2D eigenvalue weighted by molar-refractivity contribution is -0.946. The predicted octanol–water partition coefficient (Wildman–Crippen LogP) is 11.8. The molecule has 6 unspecified atom stereocenters. The number of aromatic hydroxyl groups is 3. The Morgan fingerprint density at radius 1 is 0.455 bits per heavy atom. The van der Waals surface area contributed by atoms with Crippen LogP contribution in [0.1, 0.15) is 258 Å². The number of halogens is 5. The van der Waals surface area contributed by atoms with Crippen molar-refractivity contribution in [3.05, 3.63) is 169 Å². The fourth-order valence-electron chi connectivity index (χ4n) is 26.1. The van der Waals surface area contributed by atoms with Crippen molar-refractivity contribution in [3.8, 4) is 17.2 Å². The van der Waals surface area contributed by atoms with Crippen LogP contribution in [0.15, 0.2) is 97.1 Å². The number of piperidine rings is 5. The lowest BCUT2D eigenvalue weighted by Gasteiger charge is -2.64. The van der Waals surface area contributed by atoms with Gasteiger partial charge in [0, 0.05) is 120 Å². The van der Waals surface area contributed by atoms with E-state index in [0.717, 1.165) is 91.1 Å². The molecule has 5 aliphatic heterocycles. The van der Waals surface area contributed by atoms with E-state index in [9.17, 15) is 34.8 Å². The number of primary amides is 3. The zero-order valence-corrected chi connectivity index (χ0v) is 85.9. The normalized spacial score (nSPS) is 35.0. The van der Waals surface area contributed by atoms with Crippen molar-refractivity contribution in [1.29, 1.82) is 0 Å². The molecule has 5 heterocycles. The minimum Gasteiger partial charge on any atom is -1.00 e. The van der Waals surface area contributed by atoms with Gasteiger partial charge in [0.05, 0.1) is 63.5 Å². The monoisotopic (exact) mass is 2220 g/mol. The van der Waals surface area contributed by atoms with E-state index >= 15 is 0 Å². The highest BCUT2D eigenvalue weighted by Crippen LogP contribution is 2.63. The zero-order chi connectivity index (χ0) is 85.6. The summed E-state index contributed by atoms with van der Waals surface area (Å²) in [6, 6.07) is 30.9. The van der Waals surface area contributed by atoms with Crippen molar-refractivity contribution in [2.75, 3.05) is 94.3 Å². The molecule has 0 aromatic heterocycles. The number of fused-ring (bicyclic) bond motifs is 17. The first-order chi connectivity index (χ1) is 56.7. The molecule has 15 nitrogen and oxygen atoms in total. The first kappa shape index (κ1) is 97.1. The SMILES string of the molecule is C=C1CC[C@@]2(O)[C@H]3Cc4ccc(C(N)=O)c(O)c4[C@@]2(CCN3CC2CC2)C1.CI.CI.CI.C[C@H]1C2Cc3ccc(C(N)=O)cc3[C@@]1(C)CCN2CC1CC1.C[C@H]1C2Cc3ccc(C(N)=O)cc3[C@@]1(C)CC[N+]2(C)CC1CC1.C[C@H]1C2Cc3ccc(O)cc3[C@@]1(C)CCN2CC1CC1.C[C@H]1C2Cc3ccc(O)cc3[C@@]1(C)CC[N+]2(C)CC1CC1.[I-].[I-]. The summed E-state index contributed by atoms with van der Waals surface area (Å²) >= 11 is 6.45. The third kappa shape index (κ3) is 18.8. The maximum Gasteiger partial charge on any atom is 0.252 e. The van der Waals surface area contributed by atoms with Gasteiger partial charge in [0.25, 0.3) is 5.91 Å². The van der Waals surface area contributed by atoms with Crippen LogP contribution in [0.2, 0.25) is 0 Å². The number of nitrogens with two attached hydrogens (primary N) is 3. The number of benzene rings is 5. The summed E-state index contributed by atoms with van der Waals surface area (Å²) in [5, 5.41) is 42.9. The van der Waals surface area contributed by atoms with Gasteiger partial charge in [0.15, 0.2) is 0 Å². The number of quaternary nitrogens is 2. The van der Waals surface area contributed by atoms with Crippen molar-refractivity contribution in [1.82, 2.24) is 14.7 Å². The number of aliphatic hydroxyl groups is 1. The molecule has 16 aliphatic rings. The van der Waals surface area contributed by atoms with E-state index < -0.39 is 16.9 Å². The van der Waals surface area contributed by atoms with Crippen LogP contribution >= 0.6 is 67.8 Å². The summed E-state index contributed by atoms with van der Waals surface area (Å²) < 4.78 is 2.53. The molecular formula is C101H145I5N8O7. The van der Waals surface area contributed by atoms with Gasteiger partial charge in [0.1, 0.15) is 17.2 Å². The smallest absolute Gasteiger partial charge is 0.252 e. The highest BCUT2D eigenvalue weighted by Gasteiger charge is 2.66. The minimum absolute atomic E-state index is 0. The number of hydrogen-bond donors (Lipinski definition) is 7. The summed E-state index contributed by atoms with van der Waals surface area (Å²) in [6.07, 6.45) is 27.2. The summed E-state index contributed by atoms with van der Waals surface area (Å²) in [5.41, 5.74) is 31.7. The number of alkyl halides is 3. The predicted molar refractivity (Wildman–Crippen MR) is 509 cm³/mol. The van der Waals surface area contributed by atoms with Crippen molar-refractivity contribution < 1.29 is 91.7 Å². The number of likely N-dealkylation sites (N-methyl/N-ethyl adjacent to an activating group) is 2. The number of carbonyl (C=O) groups is 3. The van der Waals surface area contributed by atoms with E-state index in [1.54, 1.807) is 6.07 Å². The molecule has 10 N–H and O–H groups in total. The molecule has 5 aromatic rings. The molecule has 666 valence electrons. The lowest BCUT2D eigenvalue weighted by Crippen LogP contribution is -3.00. The topological polar surface area (TPSA) is 220 Å². The summed E-state index contributed by atoms with van der Waals surface area (Å²) in [6.45, 7) is 35.9. The Morgan fingerprint density at radius 3 is 1.21 bits per heavy atom. The second-order valence-corrected chi connectivity index (χ2v) is 41.8. The maximum atomic E-state index is 12.1. The Labute approximate surface area is 801 Å². The number of phenolic OH excluding ortho intramolecular Hbond substituents is 2. The molecule has 5 saturated heterocycles. The molecule has 20 heteroatoms. The molecule has 3 amide bonds. The number of likely N-dealkylation sites (tertiary alicyclic amines) is 5. The van der Waals surface area contributed by atoms with Gasteiger partial charge in [-0.15, -0.1) is 0 Å². The second-order valence-electron chi connectivity index (χ2n) is 41.8. The quantitative estimate of drug-likeness (QED) is 0.0256. The molecule has 10 bridgehead atoms. The largest absolute Gasteiger partial charge is 1.00 e. The Morgan fingerprint density at radius 2 is 0.818 bits per heavy atom. The number of rotatable bonds is 13. The first-order valence-electron chi connectivity index (χ1n) is 45.8. The molecule has 11 fully saturated rings. The van der Waals surface area contributed by atoms with Crippen LogP contribution in [-0.2, 0) is 59.2 Å². The van der Waals surface area contributed by atoms with Gasteiger partial charge in [-0.25, -0.2) is 0 Å². The standard InChI is InChI=1S/C22H28N2O3.C20H28N2O.C19H26N2O.C19H27NO.C18H25NO.3CH3I.2HI/c1-13-6-7-22(27)17-10-15-4-5-16(20(23)26)19(25)18(15)21(22,11-13)8-9-24(17)12-14-2-3-14;1-13-18-11-15-6-7-16(19(21)23)10-17(15)20(13,2)8-9-22(18,3)12-14-4-5-14;1-12-17-10-14-5-6-15(18(20)22)9-16(14)19(12,2)7-8-21(17)11-13-3-4-13;1-13-18-10-15-6-7-16(21)11-17(15)19(13,2)8-9-20(18,3)12-14-4-5-14;1-12-17-9-14-5-6-15(20)10-16(14)18(12,2)7-8-19(17)11-13-3-4-13;3*1-2;;/h4-5,14,17,25,27H,1-3,6-12H2,(H2,23,26);6-7,10,13-14,18H,4-5,8-9,11-12H2,1-3H3,(H-,21,23);5-6,9,12-13,17H,3-4,7-8,10-11H2,1-2H3,(H2,20,22);6-7,11,13-14,18H,4-5,8-10,12H2,1-3H3;5-6,10,12-13,17,20H,3-4,7-9,11H2,1-2H3;3*1H3;2*1H/t17-,21-,22-;13-,18?,20-,22?;12-,17?,19-;13-,18?,19-,20?;12-,17?,18-;;;;;/m10000...../s1. The molecular weight excluding hydrogens is 2070 g/mol. The van der Waals surface area contributed by atoms with E-state index in [2.05, 4.69) is 195 Å². The molecule has 17 atom stereocenters. The average molecular weight is 2220 g/mol. The number of carbonyl (C=O) groups excluding carboxylic acids is 3. The Kier molecular flexibility index (Phi) is 30.7. The van der Waals surface area contributed by atoms with Gasteiger partial charge in [-0.1, -0.05) is 166 Å². The summed E-state index contributed by atoms with van der Waals surface area (Å²) in [4.78, 5) is 48.9. The third-order valence-electron chi connectivity index (χ3n) is 34.9. The van der Waals surface area contributed by atoms with Gasteiger partial charge < -0.3 is 94.5 Å². The van der Waals surface area contributed by atoms with Crippen LogP contribution in [0.3, 0.4) is 0 Å². The molecule has 5 aromatic carbocycles. The number of phenols is 3. The number of nitrogens with zero attached hydrogens (tertiary/aromatic N) is 5. The molecule has 0 radical (unpaired) electrons. The molecule has 6 saturated carbocycles.